The van der Waals surface area contributed by atoms with E-state index < -0.39 is 6.04 Å². The number of hydrogen-bond acceptors (Lipinski definition) is 3. The van der Waals surface area contributed by atoms with Crippen LogP contribution >= 0.6 is 11.6 Å². The molecule has 0 saturated carbocycles. The van der Waals surface area contributed by atoms with Crippen LogP contribution in [0.3, 0.4) is 0 Å². The van der Waals surface area contributed by atoms with Gasteiger partial charge in [0.25, 0.3) is 5.91 Å². The maximum absolute atomic E-state index is 13.0. The Kier molecular flexibility index (Phi) is 8.52. The molecule has 0 fully saturated rings. The van der Waals surface area contributed by atoms with Gasteiger partial charge in [0.2, 0.25) is 5.91 Å². The maximum Gasteiger partial charge on any atom is 0.261 e. The Morgan fingerprint density at radius 2 is 1.93 bits per heavy atom. The van der Waals surface area contributed by atoms with Crippen molar-refractivity contribution in [1.29, 1.82) is 0 Å². The number of carbonyl (C=O) groups excluding carboxylic acids is 2. The summed E-state index contributed by atoms with van der Waals surface area (Å²) in [5, 5.41) is 3.44. The van der Waals surface area contributed by atoms with Gasteiger partial charge in [-0.2, -0.15) is 0 Å². The molecule has 0 heterocycles. The average Bonchev–Trinajstić information content (AvgIpc) is 2.70. The summed E-state index contributed by atoms with van der Waals surface area (Å²) in [6, 6.07) is 12.5. The van der Waals surface area contributed by atoms with Crippen LogP contribution in [-0.2, 0) is 16.1 Å². The fourth-order valence-corrected chi connectivity index (χ4v) is 3.11. The van der Waals surface area contributed by atoms with Crippen LogP contribution in [0.5, 0.6) is 5.75 Å². The third-order valence-electron chi connectivity index (χ3n) is 4.65. The van der Waals surface area contributed by atoms with Crippen molar-refractivity contribution >= 4 is 23.4 Å². The molecule has 0 saturated heterocycles. The quantitative estimate of drug-likeness (QED) is 0.663. The molecule has 0 bridgehead atoms. The molecule has 1 N–H and O–H groups in total. The molecule has 1 atom stereocenters. The first-order chi connectivity index (χ1) is 13.8. The number of carbonyl (C=O) groups is 2. The highest BCUT2D eigenvalue weighted by Crippen LogP contribution is 2.20. The number of nitrogens with one attached hydrogen (secondary N) is 1. The standard InChI is InChI=1S/C23H29ClN2O3/c1-5-11-25-23(28)18(4)26(14-19-7-6-8-20(24)13-19)22(27)15-29-21-12-16(2)9-10-17(21)3/h6-10,12-13,18H,5,11,14-15H2,1-4H3,(H,25,28)/t18-/m0/s1. The lowest BCUT2D eigenvalue weighted by molar-refractivity contribution is -0.142. The summed E-state index contributed by atoms with van der Waals surface area (Å²) < 4.78 is 5.78. The summed E-state index contributed by atoms with van der Waals surface area (Å²) in [5.41, 5.74) is 2.87. The first kappa shape index (κ1) is 22.8. The van der Waals surface area contributed by atoms with E-state index in [9.17, 15) is 9.59 Å². The second-order valence-corrected chi connectivity index (χ2v) is 7.61. The Morgan fingerprint density at radius 3 is 2.62 bits per heavy atom. The number of aryl methyl sites for hydroxylation is 2. The molecule has 0 spiro atoms. The van der Waals surface area contributed by atoms with Crippen LogP contribution in [0.15, 0.2) is 42.5 Å². The zero-order chi connectivity index (χ0) is 21.4. The zero-order valence-corrected chi connectivity index (χ0v) is 18.3. The minimum absolute atomic E-state index is 0.143. The molecule has 156 valence electrons. The number of ether oxygens (including phenoxy) is 1. The second-order valence-electron chi connectivity index (χ2n) is 7.18. The number of nitrogens with zero attached hydrogens (tertiary/aromatic N) is 1. The van der Waals surface area contributed by atoms with Gasteiger partial charge < -0.3 is 15.0 Å². The molecule has 0 unspecified atom stereocenters. The van der Waals surface area contributed by atoms with Gasteiger partial charge in [-0.25, -0.2) is 0 Å². The Labute approximate surface area is 178 Å². The Balaban J connectivity index is 2.16. The number of hydrogen-bond donors (Lipinski definition) is 1. The highest BCUT2D eigenvalue weighted by Gasteiger charge is 2.26. The van der Waals surface area contributed by atoms with Crippen LogP contribution in [0.1, 0.15) is 37.0 Å². The molecular formula is C23H29ClN2O3. The molecule has 0 aliphatic carbocycles. The monoisotopic (exact) mass is 416 g/mol. The normalized spacial score (nSPS) is 11.6. The Hall–Kier alpha value is -2.53. The van der Waals surface area contributed by atoms with Gasteiger partial charge in [-0.1, -0.05) is 42.8 Å². The molecule has 0 aliphatic heterocycles. The van der Waals surface area contributed by atoms with E-state index in [-0.39, 0.29) is 25.0 Å². The van der Waals surface area contributed by atoms with Crippen LogP contribution < -0.4 is 10.1 Å². The van der Waals surface area contributed by atoms with Gasteiger partial charge in [-0.3, -0.25) is 9.59 Å². The van der Waals surface area contributed by atoms with Crippen LogP contribution in [0.2, 0.25) is 5.02 Å². The van der Waals surface area contributed by atoms with E-state index >= 15 is 0 Å². The van der Waals surface area contributed by atoms with E-state index in [2.05, 4.69) is 5.32 Å². The number of halogens is 1. The van der Waals surface area contributed by atoms with Crippen molar-refractivity contribution in [3.63, 3.8) is 0 Å². The minimum atomic E-state index is -0.629. The number of amides is 2. The molecule has 2 rings (SSSR count). The summed E-state index contributed by atoms with van der Waals surface area (Å²) >= 11 is 6.08. The molecule has 0 aromatic heterocycles. The summed E-state index contributed by atoms with van der Waals surface area (Å²) in [7, 11) is 0. The van der Waals surface area contributed by atoms with Crippen molar-refractivity contribution in [2.75, 3.05) is 13.2 Å². The van der Waals surface area contributed by atoms with Crippen molar-refractivity contribution in [2.24, 2.45) is 0 Å². The molecule has 5 nitrogen and oxygen atoms in total. The summed E-state index contributed by atoms with van der Waals surface area (Å²) in [5.74, 6) is 0.225. The highest BCUT2D eigenvalue weighted by molar-refractivity contribution is 6.30. The Bertz CT molecular complexity index is 854. The zero-order valence-electron chi connectivity index (χ0n) is 17.5. The minimum Gasteiger partial charge on any atom is -0.483 e. The SMILES string of the molecule is CCCNC(=O)[C@H](C)N(Cc1cccc(Cl)c1)C(=O)COc1cc(C)ccc1C. The van der Waals surface area contributed by atoms with Gasteiger partial charge in [0.1, 0.15) is 11.8 Å². The molecule has 29 heavy (non-hydrogen) atoms. The van der Waals surface area contributed by atoms with Gasteiger partial charge in [0.05, 0.1) is 0 Å². The topological polar surface area (TPSA) is 58.6 Å². The van der Waals surface area contributed by atoms with E-state index in [1.54, 1.807) is 19.1 Å². The fraction of sp³-hybridized carbons (Fsp3) is 0.391. The van der Waals surface area contributed by atoms with Crippen molar-refractivity contribution in [3.8, 4) is 5.75 Å². The highest BCUT2D eigenvalue weighted by atomic mass is 35.5. The van der Waals surface area contributed by atoms with Crippen molar-refractivity contribution in [2.45, 2.75) is 46.7 Å². The molecule has 0 aliphatic rings. The molecule has 2 amide bonds. The maximum atomic E-state index is 13.0. The molecule has 2 aromatic carbocycles. The predicted octanol–water partition coefficient (Wildman–Crippen LogP) is 4.28. The number of benzene rings is 2. The molecular weight excluding hydrogens is 388 g/mol. The Morgan fingerprint density at radius 1 is 1.17 bits per heavy atom. The van der Waals surface area contributed by atoms with Crippen LogP contribution in [-0.4, -0.2) is 35.9 Å². The van der Waals surface area contributed by atoms with E-state index in [4.69, 9.17) is 16.3 Å². The van der Waals surface area contributed by atoms with E-state index in [0.29, 0.717) is 17.3 Å². The van der Waals surface area contributed by atoms with Crippen LogP contribution in [0.4, 0.5) is 0 Å². The van der Waals surface area contributed by atoms with E-state index in [0.717, 1.165) is 23.1 Å². The second kappa shape index (κ2) is 10.9. The van der Waals surface area contributed by atoms with Crippen LogP contribution in [0, 0.1) is 13.8 Å². The first-order valence-corrected chi connectivity index (χ1v) is 10.2. The molecule has 0 radical (unpaired) electrons. The van der Waals surface area contributed by atoms with Crippen molar-refractivity contribution in [1.82, 2.24) is 10.2 Å². The molecule has 6 heteroatoms. The van der Waals surface area contributed by atoms with Gasteiger partial charge in [0, 0.05) is 18.1 Å². The first-order valence-electron chi connectivity index (χ1n) is 9.83. The van der Waals surface area contributed by atoms with Crippen LogP contribution in [0.25, 0.3) is 0 Å². The van der Waals surface area contributed by atoms with Crippen molar-refractivity contribution in [3.05, 3.63) is 64.2 Å². The van der Waals surface area contributed by atoms with Gasteiger partial charge in [0.15, 0.2) is 6.61 Å². The van der Waals surface area contributed by atoms with E-state index in [1.807, 2.05) is 51.1 Å². The van der Waals surface area contributed by atoms with Gasteiger partial charge in [-0.05, 0) is 62.1 Å². The summed E-state index contributed by atoms with van der Waals surface area (Å²) in [4.78, 5) is 27.0. The van der Waals surface area contributed by atoms with Gasteiger partial charge in [-0.15, -0.1) is 0 Å². The third-order valence-corrected chi connectivity index (χ3v) is 4.89. The molecule has 2 aromatic rings. The summed E-state index contributed by atoms with van der Waals surface area (Å²) in [6.07, 6.45) is 0.830. The number of rotatable bonds is 9. The lowest BCUT2D eigenvalue weighted by Crippen LogP contribution is -2.49. The third kappa shape index (κ3) is 6.79. The summed E-state index contributed by atoms with van der Waals surface area (Å²) in [6.45, 7) is 8.32. The van der Waals surface area contributed by atoms with E-state index in [1.165, 1.54) is 4.90 Å². The lowest BCUT2D eigenvalue weighted by Gasteiger charge is -2.29. The fourth-order valence-electron chi connectivity index (χ4n) is 2.90. The van der Waals surface area contributed by atoms with Crippen molar-refractivity contribution < 1.29 is 14.3 Å². The smallest absolute Gasteiger partial charge is 0.261 e. The largest absolute Gasteiger partial charge is 0.483 e. The lowest BCUT2D eigenvalue weighted by atomic mass is 10.1. The average molecular weight is 417 g/mol. The predicted molar refractivity (Wildman–Crippen MR) is 116 cm³/mol. The van der Waals surface area contributed by atoms with Gasteiger partial charge >= 0.3 is 0 Å².